The molecule has 0 spiro atoms. The zero-order chi connectivity index (χ0) is 11.4. The highest BCUT2D eigenvalue weighted by molar-refractivity contribution is 6.61. The number of rotatable bonds is 3. The van der Waals surface area contributed by atoms with Crippen molar-refractivity contribution in [1.29, 1.82) is 0 Å². The molecule has 0 aliphatic carbocycles. The van der Waals surface area contributed by atoms with Crippen LogP contribution in [0.25, 0.3) is 0 Å². The van der Waals surface area contributed by atoms with Crippen molar-refractivity contribution in [2.24, 2.45) is 0 Å². The molecule has 0 bridgehead atoms. The van der Waals surface area contributed by atoms with Gasteiger partial charge in [-0.1, -0.05) is 0 Å². The highest BCUT2D eigenvalue weighted by Gasteiger charge is 2.11. The first kappa shape index (κ1) is 11.5. The van der Waals surface area contributed by atoms with Gasteiger partial charge in [-0.25, -0.2) is 4.79 Å². The smallest absolute Gasteiger partial charge is 0.404 e. The number of nitrogens with zero attached hydrogens (tertiary/aromatic N) is 1. The van der Waals surface area contributed by atoms with Crippen molar-refractivity contribution in [1.82, 2.24) is 0 Å². The number of nitro groups is 1. The maximum absolute atomic E-state index is 10.4. The predicted molar refractivity (Wildman–Crippen MR) is 53.8 cm³/mol. The molecule has 0 aliphatic rings. The van der Waals surface area contributed by atoms with E-state index in [1.54, 1.807) is 6.92 Å². The van der Waals surface area contributed by atoms with Crippen molar-refractivity contribution in [2.75, 3.05) is 0 Å². The summed E-state index contributed by atoms with van der Waals surface area (Å²) in [5, 5.41) is 10.4. The molecule has 0 fully saturated rings. The lowest BCUT2D eigenvalue weighted by Crippen LogP contribution is -2.01. The summed E-state index contributed by atoms with van der Waals surface area (Å²) in [5.41, 5.74) is -0.265. The largest absolute Gasteiger partial charge is 0.446 e. The molecule has 0 aliphatic heterocycles. The Balaban J connectivity index is 2.79. The summed E-state index contributed by atoms with van der Waals surface area (Å²) < 4.78 is 4.69. The Morgan fingerprint density at radius 3 is 2.40 bits per heavy atom. The van der Waals surface area contributed by atoms with Crippen LogP contribution in [0.15, 0.2) is 24.3 Å². The fourth-order valence-electron chi connectivity index (χ4n) is 1.07. The summed E-state index contributed by atoms with van der Waals surface area (Å²) in [5.74, 6) is 0. The van der Waals surface area contributed by atoms with Crippen LogP contribution in [0.4, 0.5) is 10.5 Å². The average Bonchev–Trinajstić information content (AvgIpc) is 2.17. The van der Waals surface area contributed by atoms with E-state index in [2.05, 4.69) is 0 Å². The Kier molecular flexibility index (Phi) is 3.62. The minimum atomic E-state index is -0.902. The molecular weight excluding hydrogens is 222 g/mol. The van der Waals surface area contributed by atoms with Crippen LogP contribution in [0.1, 0.15) is 18.6 Å². The van der Waals surface area contributed by atoms with Crippen molar-refractivity contribution in [3.05, 3.63) is 39.9 Å². The summed E-state index contributed by atoms with van der Waals surface area (Å²) in [6, 6.07) is 5.72. The molecular formula is C9H8ClNO4. The van der Waals surface area contributed by atoms with Gasteiger partial charge in [0.2, 0.25) is 0 Å². The van der Waals surface area contributed by atoms with Gasteiger partial charge >= 0.3 is 5.43 Å². The number of non-ortho nitro benzene ring substituents is 1. The van der Waals surface area contributed by atoms with Gasteiger partial charge in [-0.3, -0.25) is 10.1 Å². The van der Waals surface area contributed by atoms with Crippen LogP contribution in [0.5, 0.6) is 0 Å². The summed E-state index contributed by atoms with van der Waals surface area (Å²) in [7, 11) is 0. The third-order valence-corrected chi connectivity index (χ3v) is 1.93. The molecule has 0 amide bonds. The molecule has 1 aromatic carbocycles. The van der Waals surface area contributed by atoms with E-state index in [9.17, 15) is 14.9 Å². The maximum atomic E-state index is 10.4. The molecule has 1 aromatic rings. The number of carbonyl (C=O) groups is 1. The van der Waals surface area contributed by atoms with Crippen LogP contribution in [0, 0.1) is 10.1 Å². The van der Waals surface area contributed by atoms with Crippen molar-refractivity contribution >= 4 is 22.7 Å². The molecule has 0 saturated carbocycles. The van der Waals surface area contributed by atoms with E-state index in [0.717, 1.165) is 0 Å². The Labute approximate surface area is 90.8 Å². The van der Waals surface area contributed by atoms with Crippen LogP contribution in [-0.2, 0) is 4.74 Å². The lowest BCUT2D eigenvalue weighted by Gasteiger charge is -2.10. The van der Waals surface area contributed by atoms with E-state index < -0.39 is 16.5 Å². The van der Waals surface area contributed by atoms with Crippen LogP contribution < -0.4 is 0 Å². The Morgan fingerprint density at radius 2 is 2.00 bits per heavy atom. The van der Waals surface area contributed by atoms with Crippen molar-refractivity contribution in [3.63, 3.8) is 0 Å². The van der Waals surface area contributed by atoms with Crippen molar-refractivity contribution in [3.8, 4) is 0 Å². The van der Waals surface area contributed by atoms with Crippen LogP contribution in [0.3, 0.4) is 0 Å². The topological polar surface area (TPSA) is 69.4 Å². The fourth-order valence-corrected chi connectivity index (χ4v) is 1.21. The summed E-state index contributed by atoms with van der Waals surface area (Å²) in [6.07, 6.45) is -0.518. The molecule has 1 unspecified atom stereocenters. The van der Waals surface area contributed by atoms with Gasteiger partial charge in [0.05, 0.1) is 4.92 Å². The first-order valence-electron chi connectivity index (χ1n) is 4.11. The van der Waals surface area contributed by atoms with Crippen molar-refractivity contribution in [2.45, 2.75) is 13.0 Å². The Bertz CT molecular complexity index is 376. The lowest BCUT2D eigenvalue weighted by atomic mass is 10.1. The number of hydrogen-bond donors (Lipinski definition) is 0. The van der Waals surface area contributed by atoms with Crippen LogP contribution >= 0.6 is 11.6 Å². The molecule has 80 valence electrons. The number of carbonyl (C=O) groups excluding carboxylic acids is 1. The van der Waals surface area contributed by atoms with Crippen LogP contribution in [-0.4, -0.2) is 10.4 Å². The van der Waals surface area contributed by atoms with E-state index >= 15 is 0 Å². The minimum absolute atomic E-state index is 0.0110. The second kappa shape index (κ2) is 4.75. The molecule has 0 saturated heterocycles. The monoisotopic (exact) mass is 229 g/mol. The SMILES string of the molecule is CC(OC(=O)Cl)c1ccc([N+](=O)[O-])cc1. The van der Waals surface area contributed by atoms with Crippen molar-refractivity contribution < 1.29 is 14.5 Å². The Morgan fingerprint density at radius 1 is 1.47 bits per heavy atom. The lowest BCUT2D eigenvalue weighted by molar-refractivity contribution is -0.384. The number of hydrogen-bond acceptors (Lipinski definition) is 4. The second-order valence-electron chi connectivity index (χ2n) is 2.85. The number of ether oxygens (including phenoxy) is 1. The van der Waals surface area contributed by atoms with E-state index in [1.165, 1.54) is 24.3 Å². The minimum Gasteiger partial charge on any atom is -0.446 e. The summed E-state index contributed by atoms with van der Waals surface area (Å²) in [6.45, 7) is 1.63. The van der Waals surface area contributed by atoms with E-state index in [4.69, 9.17) is 16.3 Å². The first-order valence-corrected chi connectivity index (χ1v) is 4.49. The van der Waals surface area contributed by atoms with Gasteiger partial charge in [0, 0.05) is 23.7 Å². The third kappa shape index (κ3) is 3.21. The molecule has 15 heavy (non-hydrogen) atoms. The third-order valence-electron chi connectivity index (χ3n) is 1.84. The van der Waals surface area contributed by atoms with Gasteiger partial charge in [-0.15, -0.1) is 0 Å². The number of benzene rings is 1. The highest BCUT2D eigenvalue weighted by atomic mass is 35.5. The first-order chi connectivity index (χ1) is 7.00. The molecule has 0 aromatic heterocycles. The van der Waals surface area contributed by atoms with Gasteiger partial charge in [0.15, 0.2) is 0 Å². The molecule has 5 nitrogen and oxygen atoms in total. The van der Waals surface area contributed by atoms with E-state index in [1.807, 2.05) is 0 Å². The van der Waals surface area contributed by atoms with Gasteiger partial charge in [-0.2, -0.15) is 0 Å². The van der Waals surface area contributed by atoms with Gasteiger partial charge in [0.25, 0.3) is 5.69 Å². The number of halogens is 1. The predicted octanol–water partition coefficient (Wildman–Crippen LogP) is 3.03. The molecule has 0 N–H and O–H groups in total. The van der Waals surface area contributed by atoms with E-state index in [-0.39, 0.29) is 5.69 Å². The fraction of sp³-hybridized carbons (Fsp3) is 0.222. The highest BCUT2D eigenvalue weighted by Crippen LogP contribution is 2.20. The normalized spacial score (nSPS) is 11.9. The Hall–Kier alpha value is -1.62. The zero-order valence-corrected chi connectivity index (χ0v) is 8.60. The van der Waals surface area contributed by atoms with Gasteiger partial charge in [-0.05, 0) is 24.6 Å². The number of nitro benzene ring substituents is 1. The molecule has 1 atom stereocenters. The zero-order valence-electron chi connectivity index (χ0n) is 7.84. The van der Waals surface area contributed by atoms with Gasteiger partial charge in [0.1, 0.15) is 6.10 Å². The standard InChI is InChI=1S/C9H8ClNO4/c1-6(15-9(10)12)7-2-4-8(5-3-7)11(13)14/h2-6H,1H3. The average molecular weight is 230 g/mol. The van der Waals surface area contributed by atoms with Gasteiger partial charge < -0.3 is 4.74 Å². The molecule has 6 heteroatoms. The molecule has 1 rings (SSSR count). The summed E-state index contributed by atoms with van der Waals surface area (Å²) >= 11 is 5.03. The molecule has 0 radical (unpaired) electrons. The van der Waals surface area contributed by atoms with E-state index in [0.29, 0.717) is 5.56 Å². The maximum Gasteiger partial charge on any atom is 0.404 e. The second-order valence-corrected chi connectivity index (χ2v) is 3.15. The van der Waals surface area contributed by atoms with Crippen LogP contribution in [0.2, 0.25) is 0 Å². The quantitative estimate of drug-likeness (QED) is 0.454. The molecule has 0 heterocycles. The summed E-state index contributed by atoms with van der Waals surface area (Å²) in [4.78, 5) is 20.3.